The number of nitrogens with two attached hydrogens (primary N) is 1. The predicted octanol–water partition coefficient (Wildman–Crippen LogP) is 2.04. The van der Waals surface area contributed by atoms with Crippen LogP contribution in [-0.2, 0) is 14.4 Å². The normalized spacial score (nSPS) is 17.8. The van der Waals surface area contributed by atoms with Crippen molar-refractivity contribution in [2.24, 2.45) is 5.73 Å². The Kier molecular flexibility index (Phi) is 13.2. The molecule has 6 nitrogen and oxygen atoms in total. The maximum absolute atomic E-state index is 12.4. The summed E-state index contributed by atoms with van der Waals surface area (Å²) in [5.74, 6) is -0.568. The number of nitrogens with zero attached hydrogens (tertiary/aromatic N) is 1. The Morgan fingerprint density at radius 3 is 2.56 bits per heavy atom. The van der Waals surface area contributed by atoms with Crippen LogP contribution in [0.25, 0.3) is 0 Å². The quantitative estimate of drug-likeness (QED) is 0.328. The minimum atomic E-state index is -0.761. The Balaban J connectivity index is 0.00000277. The second-order valence-corrected chi connectivity index (χ2v) is 6.14. The Morgan fingerprint density at radius 1 is 1.32 bits per heavy atom. The van der Waals surface area contributed by atoms with Gasteiger partial charge < -0.3 is 16.0 Å². The molecule has 144 valence electrons. The number of amides is 2. The SMILES string of the molecule is CC.CCCCC/C=C\C(NC(=O)C1CCCN1C(=O)CN)C(=O)S. The maximum atomic E-state index is 12.4. The molecule has 0 saturated carbocycles. The topological polar surface area (TPSA) is 92.5 Å². The highest BCUT2D eigenvalue weighted by atomic mass is 32.1. The van der Waals surface area contributed by atoms with Gasteiger partial charge >= 0.3 is 0 Å². The molecule has 2 amide bonds. The van der Waals surface area contributed by atoms with Crippen molar-refractivity contribution in [3.63, 3.8) is 0 Å². The molecule has 0 radical (unpaired) electrons. The molecule has 1 heterocycles. The molecule has 0 aliphatic carbocycles. The molecule has 25 heavy (non-hydrogen) atoms. The van der Waals surface area contributed by atoms with Gasteiger partial charge in [-0.05, 0) is 25.7 Å². The van der Waals surface area contributed by atoms with Crippen molar-refractivity contribution in [1.82, 2.24) is 10.2 Å². The van der Waals surface area contributed by atoms with E-state index >= 15 is 0 Å². The van der Waals surface area contributed by atoms with Gasteiger partial charge in [-0.1, -0.05) is 45.8 Å². The summed E-state index contributed by atoms with van der Waals surface area (Å²) in [6.07, 6.45) is 9.10. The van der Waals surface area contributed by atoms with Crippen LogP contribution in [0.4, 0.5) is 0 Å². The van der Waals surface area contributed by atoms with Crippen LogP contribution in [0.15, 0.2) is 12.2 Å². The first-order valence-corrected chi connectivity index (χ1v) is 9.65. The molecule has 1 saturated heterocycles. The van der Waals surface area contributed by atoms with Gasteiger partial charge in [0.1, 0.15) is 12.1 Å². The van der Waals surface area contributed by atoms with Crippen LogP contribution in [0.5, 0.6) is 0 Å². The summed E-state index contributed by atoms with van der Waals surface area (Å²) >= 11 is 3.83. The Labute approximate surface area is 157 Å². The van der Waals surface area contributed by atoms with E-state index in [0.717, 1.165) is 32.1 Å². The average Bonchev–Trinajstić information content (AvgIpc) is 3.11. The number of hydrogen-bond acceptors (Lipinski definition) is 4. The van der Waals surface area contributed by atoms with E-state index in [2.05, 4.69) is 24.9 Å². The molecule has 2 unspecified atom stereocenters. The maximum Gasteiger partial charge on any atom is 0.243 e. The zero-order valence-corrected chi connectivity index (χ0v) is 16.6. The molecule has 0 aromatic heterocycles. The van der Waals surface area contributed by atoms with E-state index in [1.54, 1.807) is 6.08 Å². The molecule has 0 bridgehead atoms. The van der Waals surface area contributed by atoms with E-state index < -0.39 is 17.2 Å². The van der Waals surface area contributed by atoms with Crippen molar-refractivity contribution in [3.05, 3.63) is 12.2 Å². The standard InChI is InChI=1S/C16H27N3O3S.C2H6/c1-2-3-4-5-6-8-12(16(22)23)18-15(21)13-9-7-10-19(13)14(20)11-17;1-2/h6,8,12-13H,2-5,7,9-11,17H2,1H3,(H,18,21)(H,22,23);1-2H3/b8-6-;. The number of unbranched alkanes of at least 4 members (excludes halogenated alkanes) is 3. The summed E-state index contributed by atoms with van der Waals surface area (Å²) in [5.41, 5.74) is 5.37. The van der Waals surface area contributed by atoms with E-state index in [4.69, 9.17) is 5.73 Å². The number of carbonyl (C=O) groups excluding carboxylic acids is 3. The number of hydrogen-bond donors (Lipinski definition) is 3. The van der Waals surface area contributed by atoms with Crippen LogP contribution < -0.4 is 11.1 Å². The monoisotopic (exact) mass is 371 g/mol. The van der Waals surface area contributed by atoms with E-state index in [-0.39, 0.29) is 18.4 Å². The van der Waals surface area contributed by atoms with Gasteiger partial charge in [-0.2, -0.15) is 0 Å². The van der Waals surface area contributed by atoms with E-state index in [1.165, 1.54) is 4.90 Å². The number of likely N-dealkylation sites (tertiary alicyclic amines) is 1. The summed E-state index contributed by atoms with van der Waals surface area (Å²) in [5, 5.41) is 2.26. The lowest BCUT2D eigenvalue weighted by Gasteiger charge is -2.24. The predicted molar refractivity (Wildman–Crippen MR) is 104 cm³/mol. The van der Waals surface area contributed by atoms with Gasteiger partial charge in [0.2, 0.25) is 16.9 Å². The molecule has 2 atom stereocenters. The average molecular weight is 372 g/mol. The molecule has 3 N–H and O–H groups in total. The molecule has 1 aliphatic heterocycles. The van der Waals surface area contributed by atoms with Crippen molar-refractivity contribution in [1.29, 1.82) is 0 Å². The van der Waals surface area contributed by atoms with Crippen LogP contribution >= 0.6 is 12.6 Å². The van der Waals surface area contributed by atoms with Gasteiger partial charge in [-0.3, -0.25) is 14.4 Å². The number of nitrogens with one attached hydrogen (secondary N) is 1. The third kappa shape index (κ3) is 8.54. The fourth-order valence-electron chi connectivity index (χ4n) is 2.64. The van der Waals surface area contributed by atoms with Crippen LogP contribution in [0.2, 0.25) is 0 Å². The number of rotatable bonds is 9. The summed E-state index contributed by atoms with van der Waals surface area (Å²) in [7, 11) is 0. The van der Waals surface area contributed by atoms with Crippen LogP contribution in [0, 0.1) is 0 Å². The van der Waals surface area contributed by atoms with E-state index in [0.29, 0.717) is 13.0 Å². The number of carbonyl (C=O) groups is 3. The summed E-state index contributed by atoms with van der Waals surface area (Å²) in [6.45, 7) is 6.54. The van der Waals surface area contributed by atoms with Crippen LogP contribution in [0.3, 0.4) is 0 Å². The molecule has 1 aliphatic rings. The van der Waals surface area contributed by atoms with Crippen LogP contribution in [0.1, 0.15) is 59.3 Å². The summed E-state index contributed by atoms with van der Waals surface area (Å²) in [6, 6.07) is -1.31. The first-order valence-electron chi connectivity index (χ1n) is 9.20. The first-order chi connectivity index (χ1) is 12.0. The van der Waals surface area contributed by atoms with E-state index in [1.807, 2.05) is 19.9 Å². The Bertz CT molecular complexity index is 455. The molecule has 0 aromatic rings. The lowest BCUT2D eigenvalue weighted by molar-refractivity contribution is -0.137. The van der Waals surface area contributed by atoms with Gasteiger partial charge in [0.05, 0.1) is 6.54 Å². The van der Waals surface area contributed by atoms with Crippen molar-refractivity contribution >= 4 is 29.6 Å². The molecule has 0 spiro atoms. The first kappa shape index (κ1) is 23.7. The Morgan fingerprint density at radius 2 is 2.00 bits per heavy atom. The van der Waals surface area contributed by atoms with Crippen molar-refractivity contribution < 1.29 is 14.4 Å². The van der Waals surface area contributed by atoms with Gasteiger partial charge in [0, 0.05) is 6.54 Å². The van der Waals surface area contributed by atoms with Gasteiger partial charge in [-0.15, -0.1) is 12.6 Å². The number of thiol groups is 1. The van der Waals surface area contributed by atoms with Gasteiger partial charge in [-0.25, -0.2) is 0 Å². The zero-order valence-electron chi connectivity index (χ0n) is 15.7. The minimum Gasteiger partial charge on any atom is -0.340 e. The molecule has 1 rings (SSSR count). The zero-order chi connectivity index (χ0) is 19.2. The highest BCUT2D eigenvalue weighted by Gasteiger charge is 2.34. The van der Waals surface area contributed by atoms with Crippen molar-refractivity contribution in [2.75, 3.05) is 13.1 Å². The fourth-order valence-corrected chi connectivity index (χ4v) is 2.79. The molecule has 1 fully saturated rings. The smallest absolute Gasteiger partial charge is 0.243 e. The van der Waals surface area contributed by atoms with Crippen molar-refractivity contribution in [3.8, 4) is 0 Å². The molecule has 0 aromatic carbocycles. The highest BCUT2D eigenvalue weighted by molar-refractivity contribution is 7.96. The lowest BCUT2D eigenvalue weighted by Crippen LogP contribution is -2.50. The molecule has 7 heteroatoms. The summed E-state index contributed by atoms with van der Waals surface area (Å²) < 4.78 is 0. The fraction of sp³-hybridized carbons (Fsp3) is 0.722. The Hall–Kier alpha value is -1.34. The van der Waals surface area contributed by atoms with Gasteiger partial charge in [0.15, 0.2) is 0 Å². The van der Waals surface area contributed by atoms with Crippen molar-refractivity contribution in [2.45, 2.75) is 71.4 Å². The lowest BCUT2D eigenvalue weighted by atomic mass is 10.1. The van der Waals surface area contributed by atoms with Crippen LogP contribution in [-0.4, -0.2) is 47.0 Å². The molecular weight excluding hydrogens is 338 g/mol. The second-order valence-electron chi connectivity index (χ2n) is 5.70. The number of allylic oxidation sites excluding steroid dienone is 1. The van der Waals surface area contributed by atoms with E-state index in [9.17, 15) is 14.4 Å². The third-order valence-electron chi connectivity index (χ3n) is 3.92. The summed E-state index contributed by atoms with van der Waals surface area (Å²) in [4.78, 5) is 37.2. The third-order valence-corrected chi connectivity index (χ3v) is 4.20. The largest absolute Gasteiger partial charge is 0.340 e. The minimum absolute atomic E-state index is 0.115. The molecular formula is C18H33N3O3S. The van der Waals surface area contributed by atoms with Gasteiger partial charge in [0.25, 0.3) is 0 Å². The second kappa shape index (κ2) is 13.9. The highest BCUT2D eigenvalue weighted by Crippen LogP contribution is 2.17.